The summed E-state index contributed by atoms with van der Waals surface area (Å²) in [5, 5.41) is 0. The lowest BCUT2D eigenvalue weighted by molar-refractivity contribution is -0.137. The highest BCUT2D eigenvalue weighted by atomic mass is 31.2. The molecule has 0 radical (unpaired) electrons. The molecule has 0 aliphatic rings. The summed E-state index contributed by atoms with van der Waals surface area (Å²) in [5.74, 6) is -1.05. The predicted octanol–water partition coefficient (Wildman–Crippen LogP) is -0.0379. The third kappa shape index (κ3) is 5.00. The molecule has 7 heteroatoms. The van der Waals surface area contributed by atoms with Crippen LogP contribution in [-0.4, -0.2) is 16.9 Å². The highest BCUT2D eigenvalue weighted by Gasteiger charge is 2.26. The lowest BCUT2D eigenvalue weighted by Crippen LogP contribution is -2.37. The molecule has 5 N–H and O–H groups in total. The molecule has 0 aromatic heterocycles. The van der Waals surface area contributed by atoms with Gasteiger partial charge in [-0.25, -0.2) is 14.9 Å². The van der Waals surface area contributed by atoms with E-state index < -0.39 is 19.8 Å². The van der Waals surface area contributed by atoms with Crippen molar-refractivity contribution in [1.29, 1.82) is 0 Å². The molecule has 0 heterocycles. The molecule has 0 saturated carbocycles. The van der Waals surface area contributed by atoms with Gasteiger partial charge in [0.25, 0.3) is 0 Å². The monoisotopic (exact) mass is 210 g/mol. The van der Waals surface area contributed by atoms with Gasteiger partial charge in [0.1, 0.15) is 6.04 Å². The average molecular weight is 210 g/mol. The summed E-state index contributed by atoms with van der Waals surface area (Å²) in [6.07, 6.45) is 0.677. The van der Waals surface area contributed by atoms with E-state index in [2.05, 4.69) is 10.0 Å². The molecule has 0 aromatic carbocycles. The first-order valence-corrected chi connectivity index (χ1v) is 5.53. The Kier molecular flexibility index (Phi) is 4.56. The van der Waals surface area contributed by atoms with Crippen LogP contribution < -0.4 is 11.2 Å². The lowest BCUT2D eigenvalue weighted by atomic mass is 10.0. The van der Waals surface area contributed by atoms with Crippen molar-refractivity contribution < 1.29 is 18.8 Å². The van der Waals surface area contributed by atoms with Gasteiger partial charge < -0.3 is 15.2 Å². The second-order valence-electron chi connectivity index (χ2n) is 2.89. The van der Waals surface area contributed by atoms with Gasteiger partial charge in [-0.15, -0.1) is 0 Å². The molecule has 0 rings (SSSR count). The number of carbonyl (C=O) groups is 1. The van der Waals surface area contributed by atoms with Crippen molar-refractivity contribution in [2.24, 2.45) is 17.2 Å². The maximum Gasteiger partial charge on any atom is 0.455 e. The molecule has 13 heavy (non-hydrogen) atoms. The fourth-order valence-electron chi connectivity index (χ4n) is 0.676. The standard InChI is InChI=1S/C6H15N2O4P/c1-3-4(2)5(7)6(9)12-13(8,10)11/h4-5H,3,7H2,1-2H3,(H3,8,10,11)/t4-,5-/m0/s1. The van der Waals surface area contributed by atoms with E-state index in [0.717, 1.165) is 0 Å². The van der Waals surface area contributed by atoms with E-state index >= 15 is 0 Å². The van der Waals surface area contributed by atoms with Crippen LogP contribution in [0.1, 0.15) is 20.3 Å². The zero-order chi connectivity index (χ0) is 10.6. The van der Waals surface area contributed by atoms with E-state index in [4.69, 9.17) is 10.6 Å². The summed E-state index contributed by atoms with van der Waals surface area (Å²) in [7, 11) is -4.26. The average Bonchev–Trinajstić information content (AvgIpc) is 1.98. The van der Waals surface area contributed by atoms with Crippen molar-refractivity contribution >= 4 is 13.7 Å². The Labute approximate surface area is 76.8 Å². The minimum absolute atomic E-state index is 0.112. The Morgan fingerprint density at radius 2 is 2.15 bits per heavy atom. The molecule has 0 aliphatic heterocycles. The normalized spacial score (nSPS) is 20.1. The van der Waals surface area contributed by atoms with Crippen LogP contribution in [0, 0.1) is 5.92 Å². The Balaban J connectivity index is 4.20. The molecule has 0 bridgehead atoms. The third-order valence-electron chi connectivity index (χ3n) is 1.75. The quantitative estimate of drug-likeness (QED) is 0.561. The molecule has 0 aliphatic carbocycles. The summed E-state index contributed by atoms with van der Waals surface area (Å²) >= 11 is 0. The molecule has 3 atom stereocenters. The van der Waals surface area contributed by atoms with Crippen molar-refractivity contribution in [3.05, 3.63) is 0 Å². The summed E-state index contributed by atoms with van der Waals surface area (Å²) in [4.78, 5) is 19.5. The van der Waals surface area contributed by atoms with E-state index in [0.29, 0.717) is 6.42 Å². The summed E-state index contributed by atoms with van der Waals surface area (Å²) in [5.41, 5.74) is 10.0. The summed E-state index contributed by atoms with van der Waals surface area (Å²) in [6.45, 7) is 3.59. The minimum atomic E-state index is -4.26. The first-order valence-electron chi connectivity index (χ1n) is 3.88. The fraction of sp³-hybridized carbons (Fsp3) is 0.833. The van der Waals surface area contributed by atoms with E-state index in [1.165, 1.54) is 0 Å². The van der Waals surface area contributed by atoms with Crippen molar-refractivity contribution in [3.8, 4) is 0 Å². The van der Waals surface area contributed by atoms with Gasteiger partial charge in [-0.1, -0.05) is 20.3 Å². The zero-order valence-electron chi connectivity index (χ0n) is 7.64. The minimum Gasteiger partial charge on any atom is -0.379 e. The topological polar surface area (TPSA) is 116 Å². The highest BCUT2D eigenvalue weighted by Crippen LogP contribution is 2.32. The molecule has 0 saturated heterocycles. The van der Waals surface area contributed by atoms with E-state index in [9.17, 15) is 9.36 Å². The van der Waals surface area contributed by atoms with Crippen LogP contribution in [0.4, 0.5) is 0 Å². The number of carbonyl (C=O) groups excluding carboxylic acids is 1. The number of hydrogen-bond donors (Lipinski definition) is 3. The highest BCUT2D eigenvalue weighted by molar-refractivity contribution is 7.50. The van der Waals surface area contributed by atoms with Crippen LogP contribution in [-0.2, 0) is 13.9 Å². The SMILES string of the molecule is CC[C@H](C)[C@H](N)C(=O)OP(N)(=O)O. The number of hydrogen-bond acceptors (Lipinski definition) is 4. The fourth-order valence-corrected chi connectivity index (χ4v) is 1.06. The van der Waals surface area contributed by atoms with Crippen LogP contribution in [0.2, 0.25) is 0 Å². The molecular weight excluding hydrogens is 195 g/mol. The Bertz CT molecular complexity index is 227. The first kappa shape index (κ1) is 12.6. The molecule has 0 fully saturated rings. The van der Waals surface area contributed by atoms with Gasteiger partial charge in [0.15, 0.2) is 0 Å². The lowest BCUT2D eigenvalue weighted by Gasteiger charge is -2.17. The maximum absolute atomic E-state index is 11.0. The van der Waals surface area contributed by atoms with Crippen molar-refractivity contribution in [2.45, 2.75) is 26.3 Å². The second-order valence-corrected chi connectivity index (χ2v) is 4.20. The zero-order valence-corrected chi connectivity index (χ0v) is 8.53. The molecule has 6 nitrogen and oxygen atoms in total. The van der Waals surface area contributed by atoms with Gasteiger partial charge in [0.2, 0.25) is 0 Å². The van der Waals surface area contributed by atoms with Crippen molar-refractivity contribution in [2.75, 3.05) is 0 Å². The van der Waals surface area contributed by atoms with Gasteiger partial charge in [0.05, 0.1) is 0 Å². The molecule has 0 aromatic rings. The van der Waals surface area contributed by atoms with Crippen molar-refractivity contribution in [3.63, 3.8) is 0 Å². The van der Waals surface area contributed by atoms with Crippen LogP contribution in [0.25, 0.3) is 0 Å². The summed E-state index contributed by atoms with van der Waals surface area (Å²) < 4.78 is 14.5. The third-order valence-corrected chi connectivity index (χ3v) is 2.19. The first-order chi connectivity index (χ1) is 5.78. The Morgan fingerprint density at radius 1 is 1.69 bits per heavy atom. The maximum atomic E-state index is 11.0. The molecule has 78 valence electrons. The molecule has 0 amide bonds. The predicted molar refractivity (Wildman–Crippen MR) is 47.5 cm³/mol. The van der Waals surface area contributed by atoms with Crippen LogP contribution in [0.15, 0.2) is 0 Å². The van der Waals surface area contributed by atoms with E-state index in [-0.39, 0.29) is 5.92 Å². The van der Waals surface area contributed by atoms with Crippen LogP contribution >= 0.6 is 7.75 Å². The van der Waals surface area contributed by atoms with E-state index in [1.54, 1.807) is 6.92 Å². The van der Waals surface area contributed by atoms with Crippen LogP contribution in [0.5, 0.6) is 0 Å². The largest absolute Gasteiger partial charge is 0.455 e. The summed E-state index contributed by atoms with van der Waals surface area (Å²) in [6, 6.07) is -0.908. The molecule has 0 spiro atoms. The van der Waals surface area contributed by atoms with Crippen molar-refractivity contribution in [1.82, 2.24) is 0 Å². The Morgan fingerprint density at radius 3 is 2.46 bits per heavy atom. The molecular formula is C6H15N2O4P. The van der Waals surface area contributed by atoms with Gasteiger partial charge >= 0.3 is 13.7 Å². The second kappa shape index (κ2) is 4.72. The smallest absolute Gasteiger partial charge is 0.379 e. The van der Waals surface area contributed by atoms with Gasteiger partial charge in [-0.05, 0) is 5.92 Å². The van der Waals surface area contributed by atoms with Gasteiger partial charge in [0, 0.05) is 0 Å². The van der Waals surface area contributed by atoms with Gasteiger partial charge in [-0.3, -0.25) is 0 Å². The van der Waals surface area contributed by atoms with E-state index in [1.807, 2.05) is 6.92 Å². The number of rotatable bonds is 4. The number of nitrogens with two attached hydrogens (primary N) is 2. The molecule has 1 unspecified atom stereocenters. The Hall–Kier alpha value is -0.420. The van der Waals surface area contributed by atoms with Gasteiger partial charge in [-0.2, -0.15) is 0 Å². The van der Waals surface area contributed by atoms with Crippen LogP contribution in [0.3, 0.4) is 0 Å².